The van der Waals surface area contributed by atoms with E-state index >= 15 is 0 Å². The molecule has 0 saturated carbocycles. The fourth-order valence-electron chi connectivity index (χ4n) is 1.95. The van der Waals surface area contributed by atoms with Crippen LogP contribution in [0.25, 0.3) is 0 Å². The second-order valence-corrected chi connectivity index (χ2v) is 7.83. The summed E-state index contributed by atoms with van der Waals surface area (Å²) >= 11 is 0. The average molecular weight is 292 g/mol. The smallest absolute Gasteiger partial charge is 0.377 e. The molecule has 0 aliphatic rings. The van der Waals surface area contributed by atoms with Crippen LogP contribution in [0.4, 0.5) is 0 Å². The molecule has 0 unspecified atom stereocenters. The highest BCUT2D eigenvalue weighted by atomic mass is 28.4. The minimum Gasteiger partial charge on any atom is -0.377 e. The molecule has 0 spiro atoms. The van der Waals surface area contributed by atoms with E-state index in [4.69, 9.17) is 13.3 Å². The summed E-state index contributed by atoms with van der Waals surface area (Å²) in [4.78, 5) is 0. The summed E-state index contributed by atoms with van der Waals surface area (Å²) in [7, 11) is 1.04. The quantitative estimate of drug-likeness (QED) is 0.394. The van der Waals surface area contributed by atoms with Crippen molar-refractivity contribution in [3.63, 3.8) is 0 Å². The minimum absolute atomic E-state index is 0.760. The Balaban J connectivity index is 3.81. The van der Waals surface area contributed by atoms with Crippen molar-refractivity contribution < 1.29 is 13.3 Å². The van der Waals surface area contributed by atoms with Crippen LogP contribution in [-0.2, 0) is 13.3 Å². The van der Waals surface area contributed by atoms with Gasteiger partial charge >= 0.3 is 8.80 Å². The lowest BCUT2D eigenvalue weighted by atomic mass is 10.3. The third kappa shape index (κ3) is 9.57. The third-order valence-electron chi connectivity index (χ3n) is 3.21. The topological polar surface area (TPSA) is 39.7 Å². The standard InChI is InChI=1S/C14H33NO3Si/c1-5-7-9-13-18-19(16-3,17-4)14-10-8-12-15-11-6-2/h15H,5-14H2,1-4H3. The highest BCUT2D eigenvalue weighted by Gasteiger charge is 2.37. The van der Waals surface area contributed by atoms with E-state index in [1.165, 1.54) is 19.3 Å². The molecule has 4 nitrogen and oxygen atoms in total. The third-order valence-corrected chi connectivity index (χ3v) is 6.06. The fraction of sp³-hybridized carbons (Fsp3) is 1.00. The monoisotopic (exact) mass is 291 g/mol. The first-order chi connectivity index (χ1) is 9.24. The van der Waals surface area contributed by atoms with Gasteiger partial charge in [0.25, 0.3) is 0 Å². The van der Waals surface area contributed by atoms with Gasteiger partial charge in [0.1, 0.15) is 0 Å². The first-order valence-corrected chi connectivity index (χ1v) is 9.62. The Morgan fingerprint density at radius 2 is 1.58 bits per heavy atom. The number of unbranched alkanes of at least 4 members (excludes halogenated alkanes) is 3. The molecule has 1 N–H and O–H groups in total. The Labute approximate surface area is 120 Å². The molecule has 0 aromatic carbocycles. The summed E-state index contributed by atoms with van der Waals surface area (Å²) in [5.74, 6) is 0. The Morgan fingerprint density at radius 1 is 0.842 bits per heavy atom. The number of nitrogens with one attached hydrogen (secondary N) is 1. The summed E-state index contributed by atoms with van der Waals surface area (Å²) < 4.78 is 17.1. The predicted molar refractivity (Wildman–Crippen MR) is 82.5 cm³/mol. The van der Waals surface area contributed by atoms with E-state index in [-0.39, 0.29) is 0 Å². The highest BCUT2D eigenvalue weighted by Crippen LogP contribution is 2.18. The van der Waals surface area contributed by atoms with Crippen molar-refractivity contribution in [2.75, 3.05) is 33.9 Å². The van der Waals surface area contributed by atoms with E-state index in [1.807, 2.05) is 0 Å². The van der Waals surface area contributed by atoms with Crippen LogP contribution in [0.3, 0.4) is 0 Å². The maximum Gasteiger partial charge on any atom is 0.500 e. The van der Waals surface area contributed by atoms with Crippen molar-refractivity contribution in [1.29, 1.82) is 0 Å². The van der Waals surface area contributed by atoms with Gasteiger partial charge in [0, 0.05) is 26.9 Å². The molecule has 0 atom stereocenters. The van der Waals surface area contributed by atoms with Crippen molar-refractivity contribution in [3.8, 4) is 0 Å². The van der Waals surface area contributed by atoms with Crippen LogP contribution in [0.2, 0.25) is 6.04 Å². The van der Waals surface area contributed by atoms with E-state index in [2.05, 4.69) is 19.2 Å². The Kier molecular flexibility index (Phi) is 13.1. The molecule has 0 aliphatic carbocycles. The molecule has 0 aromatic heterocycles. The van der Waals surface area contributed by atoms with Crippen molar-refractivity contribution in [2.45, 2.75) is 58.4 Å². The molecule has 19 heavy (non-hydrogen) atoms. The fourth-order valence-corrected chi connectivity index (χ4v) is 4.04. The average Bonchev–Trinajstić information content (AvgIpc) is 2.45. The normalized spacial score (nSPS) is 12.0. The summed E-state index contributed by atoms with van der Waals surface area (Å²) in [6.45, 7) is 7.31. The highest BCUT2D eigenvalue weighted by molar-refractivity contribution is 6.60. The van der Waals surface area contributed by atoms with Gasteiger partial charge in [0.15, 0.2) is 0 Å². The molecular formula is C14H33NO3Si. The van der Waals surface area contributed by atoms with Crippen LogP contribution in [0.5, 0.6) is 0 Å². The van der Waals surface area contributed by atoms with E-state index in [9.17, 15) is 0 Å². The SMILES string of the molecule is CCCCCO[Si](CCCCNCCC)(OC)OC. The zero-order valence-corrected chi connectivity index (χ0v) is 14.3. The van der Waals surface area contributed by atoms with Crippen LogP contribution in [0, 0.1) is 0 Å². The molecule has 0 aromatic rings. The molecule has 5 heteroatoms. The van der Waals surface area contributed by atoms with Gasteiger partial charge in [-0.05, 0) is 38.8 Å². The first-order valence-electron chi connectivity index (χ1n) is 7.69. The molecule has 0 radical (unpaired) electrons. The molecule has 0 fully saturated rings. The first kappa shape index (κ1) is 19.1. The van der Waals surface area contributed by atoms with E-state index in [0.29, 0.717) is 0 Å². The van der Waals surface area contributed by atoms with E-state index < -0.39 is 8.80 Å². The number of hydrogen-bond acceptors (Lipinski definition) is 4. The predicted octanol–water partition coefficient (Wildman–Crippen LogP) is 3.20. The maximum absolute atomic E-state index is 5.93. The zero-order chi connectivity index (χ0) is 14.4. The summed E-state index contributed by atoms with van der Waals surface area (Å²) in [5, 5.41) is 3.41. The van der Waals surface area contributed by atoms with Crippen molar-refractivity contribution in [2.24, 2.45) is 0 Å². The van der Waals surface area contributed by atoms with Crippen LogP contribution in [0.1, 0.15) is 52.4 Å². The van der Waals surface area contributed by atoms with Crippen LogP contribution in [-0.4, -0.2) is 42.7 Å². The molecule has 0 rings (SSSR count). The van der Waals surface area contributed by atoms with Gasteiger partial charge in [-0.15, -0.1) is 0 Å². The summed E-state index contributed by atoms with van der Waals surface area (Å²) in [6, 6.07) is 0.917. The van der Waals surface area contributed by atoms with Gasteiger partial charge in [-0.2, -0.15) is 0 Å². The summed E-state index contributed by atoms with van der Waals surface area (Å²) in [6.07, 6.45) is 6.95. The number of hydrogen-bond donors (Lipinski definition) is 1. The largest absolute Gasteiger partial charge is 0.500 e. The van der Waals surface area contributed by atoms with Gasteiger partial charge < -0.3 is 18.6 Å². The molecule has 0 bridgehead atoms. The van der Waals surface area contributed by atoms with Gasteiger partial charge in [-0.25, -0.2) is 0 Å². The zero-order valence-electron chi connectivity index (χ0n) is 13.3. The van der Waals surface area contributed by atoms with Gasteiger partial charge in [0.05, 0.1) is 0 Å². The Bertz CT molecular complexity index is 190. The van der Waals surface area contributed by atoms with Gasteiger partial charge in [-0.1, -0.05) is 26.7 Å². The molecular weight excluding hydrogens is 258 g/mol. The molecule has 116 valence electrons. The lowest BCUT2D eigenvalue weighted by molar-refractivity contribution is 0.0957. The van der Waals surface area contributed by atoms with E-state index in [0.717, 1.165) is 45.0 Å². The maximum atomic E-state index is 5.93. The lowest BCUT2D eigenvalue weighted by Gasteiger charge is -2.26. The van der Waals surface area contributed by atoms with Crippen molar-refractivity contribution >= 4 is 8.80 Å². The Hall–Kier alpha value is 0.0569. The Morgan fingerprint density at radius 3 is 2.16 bits per heavy atom. The second kappa shape index (κ2) is 13.1. The summed E-state index contributed by atoms with van der Waals surface area (Å²) in [5.41, 5.74) is 0. The van der Waals surface area contributed by atoms with Crippen molar-refractivity contribution in [3.05, 3.63) is 0 Å². The minimum atomic E-state index is -2.39. The second-order valence-electron chi connectivity index (χ2n) is 4.85. The van der Waals surface area contributed by atoms with Crippen molar-refractivity contribution in [1.82, 2.24) is 5.32 Å². The van der Waals surface area contributed by atoms with Gasteiger partial charge in [0.2, 0.25) is 0 Å². The molecule has 0 heterocycles. The molecule has 0 amide bonds. The molecule has 0 aliphatic heterocycles. The number of rotatable bonds is 14. The van der Waals surface area contributed by atoms with Crippen LogP contribution >= 0.6 is 0 Å². The lowest BCUT2D eigenvalue weighted by Crippen LogP contribution is -2.44. The van der Waals surface area contributed by atoms with Gasteiger partial charge in [-0.3, -0.25) is 0 Å². The van der Waals surface area contributed by atoms with Crippen LogP contribution in [0.15, 0.2) is 0 Å². The van der Waals surface area contributed by atoms with Crippen LogP contribution < -0.4 is 5.32 Å². The molecule has 0 saturated heterocycles. The van der Waals surface area contributed by atoms with E-state index in [1.54, 1.807) is 14.2 Å².